The zero-order valence-electron chi connectivity index (χ0n) is 35.8. The summed E-state index contributed by atoms with van der Waals surface area (Å²) in [4.78, 5) is 77.6. The van der Waals surface area contributed by atoms with Gasteiger partial charge in [-0.3, -0.25) is 28.8 Å². The van der Waals surface area contributed by atoms with Gasteiger partial charge < -0.3 is 29.9 Å². The molecule has 8 aliphatic rings. The van der Waals surface area contributed by atoms with Crippen LogP contribution >= 0.6 is 0 Å². The van der Waals surface area contributed by atoms with Gasteiger partial charge >= 0.3 is 11.9 Å². The van der Waals surface area contributed by atoms with Crippen LogP contribution in [0.5, 0.6) is 0 Å². The summed E-state index contributed by atoms with van der Waals surface area (Å²) in [6, 6.07) is 0. The molecule has 0 aromatic heterocycles. The average molecular weight is 831 g/mol. The first-order chi connectivity index (χ1) is 28.0. The van der Waals surface area contributed by atoms with Crippen molar-refractivity contribution in [1.82, 2.24) is 0 Å². The molecule has 0 aromatic rings. The van der Waals surface area contributed by atoms with E-state index in [9.17, 15) is 49.2 Å². The highest BCUT2D eigenvalue weighted by Crippen LogP contribution is 2.69. The maximum Gasteiger partial charge on any atom is 0.306 e. The Morgan fingerprint density at radius 1 is 0.650 bits per heavy atom. The van der Waals surface area contributed by atoms with Gasteiger partial charge in [-0.25, -0.2) is 0 Å². The summed E-state index contributed by atoms with van der Waals surface area (Å²) in [5.41, 5.74) is -4.63. The van der Waals surface area contributed by atoms with Crippen molar-refractivity contribution < 1.29 is 58.7 Å². The van der Waals surface area contributed by atoms with Crippen LogP contribution in [-0.4, -0.2) is 92.1 Å². The third kappa shape index (κ3) is 6.11. The topological polar surface area (TPSA) is 202 Å². The minimum Gasteiger partial charge on any atom is -0.458 e. The number of hydrogen-bond acceptors (Lipinski definition) is 12. The predicted octanol–water partition coefficient (Wildman–Crippen LogP) is 4.50. The maximum absolute atomic E-state index is 13.7. The fraction of sp³-hybridized carbons (Fsp3) is 0.708. The Bertz CT molecular complexity index is 1890. The lowest BCUT2D eigenvalue weighted by Crippen LogP contribution is -2.62. The first-order valence-electron chi connectivity index (χ1n) is 22.1. The van der Waals surface area contributed by atoms with E-state index in [2.05, 4.69) is 27.7 Å². The number of carbonyl (C=O) groups excluding carboxylic acids is 6. The highest BCUT2D eigenvalue weighted by Gasteiger charge is 2.70. The van der Waals surface area contributed by atoms with Gasteiger partial charge in [-0.15, -0.1) is 0 Å². The summed E-state index contributed by atoms with van der Waals surface area (Å²) in [5.74, 6) is -3.51. The monoisotopic (exact) mass is 830 g/mol. The van der Waals surface area contributed by atoms with Crippen LogP contribution in [-0.2, 0) is 38.2 Å². The number of allylic oxidation sites excluding steroid dienone is 8. The van der Waals surface area contributed by atoms with Crippen LogP contribution in [0.4, 0.5) is 0 Å². The van der Waals surface area contributed by atoms with E-state index >= 15 is 0 Å². The summed E-state index contributed by atoms with van der Waals surface area (Å²) >= 11 is 0. The van der Waals surface area contributed by atoms with E-state index in [-0.39, 0.29) is 84.6 Å². The second kappa shape index (κ2) is 14.5. The molecule has 0 aromatic carbocycles. The largest absolute Gasteiger partial charge is 0.458 e. The summed E-state index contributed by atoms with van der Waals surface area (Å²) in [5, 5.41) is 47.5. The number of ether oxygens (including phenoxy) is 2. The molecule has 0 amide bonds. The van der Waals surface area contributed by atoms with Crippen LogP contribution in [0, 0.1) is 69.0 Å². The predicted molar refractivity (Wildman–Crippen MR) is 216 cm³/mol. The van der Waals surface area contributed by atoms with E-state index in [1.165, 1.54) is 0 Å². The molecule has 0 spiro atoms. The molecule has 12 heteroatoms. The third-order valence-electron chi connectivity index (χ3n) is 18.1. The molecule has 12 nitrogen and oxygen atoms in total. The first-order valence-corrected chi connectivity index (χ1v) is 22.1. The molecule has 0 aliphatic heterocycles. The minimum atomic E-state index is -1.84. The Kier molecular flexibility index (Phi) is 10.4. The average Bonchev–Trinajstić information content (AvgIpc) is 3.61. The molecule has 0 saturated heterocycles. The second-order valence-electron chi connectivity index (χ2n) is 20.9. The standard InChI is InChI=1S/C48H62O12/c1-25-17-29-31-11-15-47(57,45(31,5)21-35(51)41(29)43(3)13-9-27(49)19-33(25)43)37(53)23-59-39(55)7-8-40(56)60-24-38(54)48(58)16-12-32-30-18-26(2)34-20-28(50)10-14-44(34,4)42(30)36(52)22-46(32,48)6/h9-10,13-14,19-20,25-26,29-32,35-36,41-42,51-52,57-58H,7-8,11-12,15-18,21-24H2,1-6H3/t25-,26-,29-,30-,31-,32-,35-,36-,41+,42+,43-,44-,45-,46-,47-,48-/m0/s1. The highest BCUT2D eigenvalue weighted by atomic mass is 16.5. The number of rotatable bonds is 9. The van der Waals surface area contributed by atoms with Gasteiger partial charge in [-0.2, -0.15) is 0 Å². The van der Waals surface area contributed by atoms with Gasteiger partial charge in [0.15, 0.2) is 24.8 Å². The number of ketones is 4. The Hall–Kier alpha value is -3.58. The normalized spacial score (nSPS) is 47.4. The van der Waals surface area contributed by atoms with Gasteiger partial charge in [-0.05, 0) is 111 Å². The Balaban J connectivity index is 0.840. The second-order valence-corrected chi connectivity index (χ2v) is 20.9. The van der Waals surface area contributed by atoms with Crippen molar-refractivity contribution in [3.05, 3.63) is 47.6 Å². The molecule has 0 bridgehead atoms. The van der Waals surface area contributed by atoms with E-state index in [0.717, 1.165) is 24.0 Å². The molecule has 8 rings (SSSR count). The zero-order chi connectivity index (χ0) is 43.5. The van der Waals surface area contributed by atoms with Gasteiger partial charge in [-0.1, -0.05) is 64.8 Å². The van der Waals surface area contributed by atoms with Crippen molar-refractivity contribution in [2.45, 2.75) is 129 Å². The number of aliphatic hydroxyl groups is 4. The number of carbonyl (C=O) groups is 6. The molecule has 0 radical (unpaired) electrons. The van der Waals surface area contributed by atoms with Gasteiger partial charge in [0.05, 0.1) is 25.0 Å². The lowest BCUT2D eigenvalue weighted by atomic mass is 9.45. The molecule has 8 aliphatic carbocycles. The third-order valence-corrected chi connectivity index (χ3v) is 18.1. The van der Waals surface area contributed by atoms with Crippen LogP contribution in [0.1, 0.15) is 106 Å². The number of Topliss-reactive ketones (excluding diaryl/α,β-unsaturated/α-hetero) is 2. The minimum absolute atomic E-state index is 0.00487. The smallest absolute Gasteiger partial charge is 0.306 e. The lowest BCUT2D eigenvalue weighted by Gasteiger charge is -2.60. The number of aliphatic hydroxyl groups excluding tert-OH is 2. The number of esters is 2. The van der Waals surface area contributed by atoms with Crippen LogP contribution in [0.25, 0.3) is 0 Å². The number of fused-ring (bicyclic) bond motifs is 10. The summed E-state index contributed by atoms with van der Waals surface area (Å²) in [7, 11) is 0. The molecule has 4 N–H and O–H groups in total. The summed E-state index contributed by atoms with van der Waals surface area (Å²) in [6.45, 7) is 10.6. The SMILES string of the molecule is C[C@H]1C[C@@H]2[C@H]([C@@H](O)C[C@@]3(C)[C@H]2CC[C@]3(O)C(=O)COC(=O)CCC(=O)OCC(=O)[C@@]2(O)CC[C@H]3[C@@H]4C[C@H](C)C5=CC(=O)C=C[C@]5(C)[C@H]4[C@@H](O)C[C@@]32C)[C@@]2(C)C=CC(=O)C=C12. The molecule has 6 saturated carbocycles. The van der Waals surface area contributed by atoms with Crippen LogP contribution in [0.2, 0.25) is 0 Å². The van der Waals surface area contributed by atoms with Crippen LogP contribution < -0.4 is 0 Å². The van der Waals surface area contributed by atoms with Crippen molar-refractivity contribution in [2.24, 2.45) is 69.0 Å². The van der Waals surface area contributed by atoms with Crippen LogP contribution in [0.15, 0.2) is 47.6 Å². The molecule has 0 heterocycles. The maximum atomic E-state index is 13.7. The van der Waals surface area contributed by atoms with Crippen molar-refractivity contribution in [3.63, 3.8) is 0 Å². The van der Waals surface area contributed by atoms with Crippen molar-refractivity contribution >= 4 is 35.1 Å². The van der Waals surface area contributed by atoms with Gasteiger partial charge in [0, 0.05) is 33.5 Å². The fourth-order valence-corrected chi connectivity index (χ4v) is 15.3. The Labute approximate surface area is 351 Å². The molecule has 326 valence electrons. The number of hydrogen-bond donors (Lipinski definition) is 4. The van der Waals surface area contributed by atoms with Crippen molar-refractivity contribution in [1.29, 1.82) is 0 Å². The highest BCUT2D eigenvalue weighted by molar-refractivity contribution is 6.02. The summed E-state index contributed by atoms with van der Waals surface area (Å²) in [6.07, 6.45) is 11.0. The van der Waals surface area contributed by atoms with Gasteiger partial charge in [0.25, 0.3) is 0 Å². The molecule has 16 atom stereocenters. The van der Waals surface area contributed by atoms with E-state index < -0.39 is 94.6 Å². The molecular formula is C48H62O12. The summed E-state index contributed by atoms with van der Waals surface area (Å²) < 4.78 is 10.6. The Morgan fingerprint density at radius 3 is 1.38 bits per heavy atom. The van der Waals surface area contributed by atoms with Crippen molar-refractivity contribution in [3.8, 4) is 0 Å². The van der Waals surface area contributed by atoms with Gasteiger partial charge in [0.2, 0.25) is 11.6 Å². The van der Waals surface area contributed by atoms with Crippen LogP contribution in [0.3, 0.4) is 0 Å². The molecule has 6 fully saturated rings. The molecule has 0 unspecified atom stereocenters. The van der Waals surface area contributed by atoms with E-state index in [1.807, 2.05) is 26.0 Å². The lowest BCUT2D eigenvalue weighted by molar-refractivity contribution is -0.183. The van der Waals surface area contributed by atoms with Gasteiger partial charge in [0.1, 0.15) is 11.2 Å². The first kappa shape index (κ1) is 43.1. The quantitative estimate of drug-likeness (QED) is 0.238. The van der Waals surface area contributed by atoms with E-state index in [0.29, 0.717) is 12.8 Å². The zero-order valence-corrected chi connectivity index (χ0v) is 35.8. The molecular weight excluding hydrogens is 769 g/mol. The molecule has 60 heavy (non-hydrogen) atoms. The van der Waals surface area contributed by atoms with E-state index in [4.69, 9.17) is 9.47 Å². The van der Waals surface area contributed by atoms with Crippen molar-refractivity contribution in [2.75, 3.05) is 13.2 Å². The van der Waals surface area contributed by atoms with E-state index in [1.54, 1.807) is 24.3 Å². The Morgan fingerprint density at radius 2 is 1.02 bits per heavy atom. The fourth-order valence-electron chi connectivity index (χ4n) is 15.3.